The Bertz CT molecular complexity index is 363. The molecule has 0 aromatic heterocycles. The van der Waals surface area contributed by atoms with Gasteiger partial charge in [-0.05, 0) is 24.5 Å². The highest BCUT2D eigenvalue weighted by Gasteiger charge is 2.16. The molecule has 1 atom stereocenters. The molecule has 3 nitrogen and oxygen atoms in total. The maximum absolute atomic E-state index is 11.8. The SMILES string of the molecule is CC[C@@H](N)C(=O)N(C)Cc1ccccc1C. The van der Waals surface area contributed by atoms with Gasteiger partial charge in [0.1, 0.15) is 0 Å². The van der Waals surface area contributed by atoms with E-state index in [-0.39, 0.29) is 11.9 Å². The van der Waals surface area contributed by atoms with E-state index in [1.807, 2.05) is 38.1 Å². The molecule has 0 spiro atoms. The summed E-state index contributed by atoms with van der Waals surface area (Å²) in [6.45, 7) is 4.59. The average Bonchev–Trinajstić information content (AvgIpc) is 2.30. The topological polar surface area (TPSA) is 46.3 Å². The van der Waals surface area contributed by atoms with Crippen molar-refractivity contribution in [2.75, 3.05) is 7.05 Å². The molecule has 0 aliphatic heterocycles. The molecule has 1 aromatic rings. The second kappa shape index (κ2) is 5.66. The first-order chi connectivity index (χ1) is 7.56. The zero-order valence-electron chi connectivity index (χ0n) is 10.2. The Morgan fingerprint density at radius 3 is 2.62 bits per heavy atom. The smallest absolute Gasteiger partial charge is 0.239 e. The lowest BCUT2D eigenvalue weighted by Crippen LogP contribution is -2.40. The van der Waals surface area contributed by atoms with Gasteiger partial charge >= 0.3 is 0 Å². The van der Waals surface area contributed by atoms with Gasteiger partial charge in [-0.3, -0.25) is 4.79 Å². The van der Waals surface area contributed by atoms with E-state index in [1.54, 1.807) is 11.9 Å². The average molecular weight is 220 g/mol. The van der Waals surface area contributed by atoms with Gasteiger partial charge in [-0.25, -0.2) is 0 Å². The van der Waals surface area contributed by atoms with Crippen LogP contribution in [-0.2, 0) is 11.3 Å². The first kappa shape index (κ1) is 12.7. The Kier molecular flexibility index (Phi) is 4.50. The van der Waals surface area contributed by atoms with Crippen LogP contribution in [-0.4, -0.2) is 23.9 Å². The van der Waals surface area contributed by atoms with Gasteiger partial charge in [-0.2, -0.15) is 0 Å². The molecule has 0 saturated heterocycles. The second-order valence-corrected chi connectivity index (χ2v) is 4.14. The van der Waals surface area contributed by atoms with Gasteiger partial charge in [0.05, 0.1) is 6.04 Å². The normalized spacial score (nSPS) is 12.2. The Morgan fingerprint density at radius 2 is 2.06 bits per heavy atom. The predicted molar refractivity (Wildman–Crippen MR) is 65.9 cm³/mol. The summed E-state index contributed by atoms with van der Waals surface area (Å²) < 4.78 is 0. The van der Waals surface area contributed by atoms with Crippen molar-refractivity contribution in [3.8, 4) is 0 Å². The van der Waals surface area contributed by atoms with Crippen LogP contribution >= 0.6 is 0 Å². The van der Waals surface area contributed by atoms with E-state index >= 15 is 0 Å². The molecule has 16 heavy (non-hydrogen) atoms. The molecule has 0 unspecified atom stereocenters. The number of benzene rings is 1. The van der Waals surface area contributed by atoms with Crippen LogP contribution in [0.3, 0.4) is 0 Å². The molecular formula is C13H20N2O. The van der Waals surface area contributed by atoms with Crippen molar-refractivity contribution < 1.29 is 4.79 Å². The summed E-state index contributed by atoms with van der Waals surface area (Å²) in [5.41, 5.74) is 8.09. The largest absolute Gasteiger partial charge is 0.340 e. The van der Waals surface area contributed by atoms with Gasteiger partial charge in [-0.1, -0.05) is 31.2 Å². The molecule has 2 N–H and O–H groups in total. The molecule has 0 radical (unpaired) electrons. The standard InChI is InChI=1S/C13H20N2O/c1-4-12(14)13(16)15(3)9-11-8-6-5-7-10(11)2/h5-8,12H,4,9,14H2,1-3H3/t12-/m1/s1. The van der Waals surface area contributed by atoms with Crippen molar-refractivity contribution in [1.82, 2.24) is 4.90 Å². The Labute approximate surface area is 97.2 Å². The van der Waals surface area contributed by atoms with E-state index in [9.17, 15) is 4.79 Å². The number of likely N-dealkylation sites (N-methyl/N-ethyl adjacent to an activating group) is 1. The van der Waals surface area contributed by atoms with Crippen LogP contribution in [0.5, 0.6) is 0 Å². The lowest BCUT2D eigenvalue weighted by Gasteiger charge is -2.21. The van der Waals surface area contributed by atoms with Gasteiger partial charge in [0.15, 0.2) is 0 Å². The van der Waals surface area contributed by atoms with Crippen LogP contribution < -0.4 is 5.73 Å². The number of nitrogens with zero attached hydrogens (tertiary/aromatic N) is 1. The first-order valence-electron chi connectivity index (χ1n) is 5.61. The molecular weight excluding hydrogens is 200 g/mol. The van der Waals surface area contributed by atoms with Crippen molar-refractivity contribution in [3.05, 3.63) is 35.4 Å². The Morgan fingerprint density at radius 1 is 1.44 bits per heavy atom. The van der Waals surface area contributed by atoms with Crippen LogP contribution in [0.1, 0.15) is 24.5 Å². The Balaban J connectivity index is 2.68. The molecule has 88 valence electrons. The van der Waals surface area contributed by atoms with Crippen LogP contribution in [0.4, 0.5) is 0 Å². The lowest BCUT2D eigenvalue weighted by molar-refractivity contribution is -0.131. The van der Waals surface area contributed by atoms with Gasteiger partial charge in [0.25, 0.3) is 0 Å². The molecule has 0 fully saturated rings. The number of amides is 1. The highest BCUT2D eigenvalue weighted by Crippen LogP contribution is 2.10. The van der Waals surface area contributed by atoms with Crippen LogP contribution in [0.2, 0.25) is 0 Å². The van der Waals surface area contributed by atoms with E-state index in [0.717, 1.165) is 0 Å². The maximum atomic E-state index is 11.8. The fourth-order valence-electron chi connectivity index (χ4n) is 1.58. The fourth-order valence-corrected chi connectivity index (χ4v) is 1.58. The van der Waals surface area contributed by atoms with Crippen molar-refractivity contribution in [2.45, 2.75) is 32.9 Å². The summed E-state index contributed by atoms with van der Waals surface area (Å²) in [6, 6.07) is 7.69. The molecule has 0 saturated carbocycles. The van der Waals surface area contributed by atoms with Crippen LogP contribution in [0, 0.1) is 6.92 Å². The third kappa shape index (κ3) is 3.07. The van der Waals surface area contributed by atoms with Crippen molar-refractivity contribution in [1.29, 1.82) is 0 Å². The number of aryl methyl sites for hydroxylation is 1. The number of hydrogen-bond acceptors (Lipinski definition) is 2. The number of nitrogens with two attached hydrogens (primary N) is 1. The maximum Gasteiger partial charge on any atom is 0.239 e. The van der Waals surface area contributed by atoms with Crippen molar-refractivity contribution in [2.24, 2.45) is 5.73 Å². The number of carbonyl (C=O) groups excluding carboxylic acids is 1. The van der Waals surface area contributed by atoms with E-state index in [4.69, 9.17) is 5.73 Å². The summed E-state index contributed by atoms with van der Waals surface area (Å²) in [5.74, 6) is 0.00533. The molecule has 3 heteroatoms. The van der Waals surface area contributed by atoms with Gasteiger partial charge in [0.2, 0.25) is 5.91 Å². The predicted octanol–water partition coefficient (Wildman–Crippen LogP) is 1.69. The summed E-state index contributed by atoms with van der Waals surface area (Å²) >= 11 is 0. The lowest BCUT2D eigenvalue weighted by atomic mass is 10.1. The van der Waals surface area contributed by atoms with E-state index in [1.165, 1.54) is 11.1 Å². The molecule has 1 aromatic carbocycles. The first-order valence-corrected chi connectivity index (χ1v) is 5.61. The van der Waals surface area contributed by atoms with Crippen molar-refractivity contribution in [3.63, 3.8) is 0 Å². The monoisotopic (exact) mass is 220 g/mol. The summed E-state index contributed by atoms with van der Waals surface area (Å²) in [5, 5.41) is 0. The fraction of sp³-hybridized carbons (Fsp3) is 0.462. The second-order valence-electron chi connectivity index (χ2n) is 4.14. The van der Waals surface area contributed by atoms with Crippen LogP contribution in [0.25, 0.3) is 0 Å². The third-order valence-electron chi connectivity index (χ3n) is 2.80. The van der Waals surface area contributed by atoms with Gasteiger partial charge in [-0.15, -0.1) is 0 Å². The molecule has 1 amide bonds. The molecule has 0 aliphatic rings. The van der Waals surface area contributed by atoms with E-state index in [2.05, 4.69) is 0 Å². The molecule has 0 heterocycles. The van der Waals surface area contributed by atoms with Crippen LogP contribution in [0.15, 0.2) is 24.3 Å². The van der Waals surface area contributed by atoms with E-state index in [0.29, 0.717) is 13.0 Å². The third-order valence-corrected chi connectivity index (χ3v) is 2.80. The van der Waals surface area contributed by atoms with Gasteiger partial charge in [0, 0.05) is 13.6 Å². The van der Waals surface area contributed by atoms with Crippen molar-refractivity contribution >= 4 is 5.91 Å². The number of rotatable bonds is 4. The Hall–Kier alpha value is -1.35. The number of carbonyl (C=O) groups is 1. The molecule has 0 bridgehead atoms. The minimum Gasteiger partial charge on any atom is -0.340 e. The zero-order chi connectivity index (χ0) is 12.1. The summed E-state index contributed by atoms with van der Waals surface area (Å²) in [4.78, 5) is 13.5. The summed E-state index contributed by atoms with van der Waals surface area (Å²) in [6.07, 6.45) is 0.678. The van der Waals surface area contributed by atoms with Gasteiger partial charge < -0.3 is 10.6 Å². The highest BCUT2D eigenvalue weighted by molar-refractivity contribution is 5.81. The highest BCUT2D eigenvalue weighted by atomic mass is 16.2. The minimum atomic E-state index is -0.381. The molecule has 0 aliphatic carbocycles. The van der Waals surface area contributed by atoms with E-state index < -0.39 is 0 Å². The molecule has 1 rings (SSSR count). The summed E-state index contributed by atoms with van der Waals surface area (Å²) in [7, 11) is 1.80. The quantitative estimate of drug-likeness (QED) is 0.839. The number of hydrogen-bond donors (Lipinski definition) is 1. The zero-order valence-corrected chi connectivity index (χ0v) is 10.2. The minimum absolute atomic E-state index is 0.00533.